The Bertz CT molecular complexity index is 571. The maximum absolute atomic E-state index is 13.8. The molecule has 4 nitrogen and oxygen atoms in total. The summed E-state index contributed by atoms with van der Waals surface area (Å²) in [5.74, 6) is -0.221. The quantitative estimate of drug-likeness (QED) is 0.915. The Balaban J connectivity index is 2.34. The summed E-state index contributed by atoms with van der Waals surface area (Å²) in [6, 6.07) is 4.40. The SMILES string of the molecule is C[C@H](O)c1c(F)cccc1N(C)C1CCS(=O)(=O)C1. The standard InChI is InChI=1S/C13H18FNO3S/c1-9(16)13-11(14)4-3-5-12(13)15(2)10-6-7-19(17,18)8-10/h3-5,9-10,16H,6-8H2,1-2H3/t9-,10?/m0/s1. The zero-order valence-corrected chi connectivity index (χ0v) is 11.8. The van der Waals surface area contributed by atoms with Crippen molar-refractivity contribution in [3.8, 4) is 0 Å². The lowest BCUT2D eigenvalue weighted by atomic mass is 10.1. The number of sulfone groups is 1. The Morgan fingerprint density at radius 3 is 2.68 bits per heavy atom. The molecule has 2 atom stereocenters. The summed E-state index contributed by atoms with van der Waals surface area (Å²) in [4.78, 5) is 1.76. The lowest BCUT2D eigenvalue weighted by molar-refractivity contribution is 0.194. The monoisotopic (exact) mass is 287 g/mol. The molecule has 1 N–H and O–H groups in total. The highest BCUT2D eigenvalue weighted by molar-refractivity contribution is 7.91. The molecule has 0 aromatic heterocycles. The van der Waals surface area contributed by atoms with Gasteiger partial charge in [0.1, 0.15) is 5.82 Å². The van der Waals surface area contributed by atoms with Gasteiger partial charge >= 0.3 is 0 Å². The second kappa shape index (κ2) is 5.09. The number of benzene rings is 1. The molecule has 1 saturated heterocycles. The van der Waals surface area contributed by atoms with E-state index in [1.807, 2.05) is 0 Å². The Labute approximate surface area is 112 Å². The number of hydrogen-bond acceptors (Lipinski definition) is 4. The van der Waals surface area contributed by atoms with E-state index in [2.05, 4.69) is 0 Å². The van der Waals surface area contributed by atoms with Crippen LogP contribution in [0.25, 0.3) is 0 Å². The van der Waals surface area contributed by atoms with E-state index < -0.39 is 21.8 Å². The van der Waals surface area contributed by atoms with Gasteiger partial charge in [0, 0.05) is 24.3 Å². The zero-order chi connectivity index (χ0) is 14.2. The molecule has 1 aliphatic heterocycles. The van der Waals surface area contributed by atoms with Crippen LogP contribution in [0.1, 0.15) is 25.0 Å². The van der Waals surface area contributed by atoms with E-state index in [4.69, 9.17) is 0 Å². The molecule has 19 heavy (non-hydrogen) atoms. The maximum Gasteiger partial charge on any atom is 0.152 e. The Morgan fingerprint density at radius 2 is 2.16 bits per heavy atom. The number of anilines is 1. The molecule has 1 unspecified atom stereocenters. The molecule has 1 heterocycles. The molecule has 1 aliphatic rings. The number of hydrogen-bond donors (Lipinski definition) is 1. The number of rotatable bonds is 3. The predicted molar refractivity (Wildman–Crippen MR) is 72.5 cm³/mol. The summed E-state index contributed by atoms with van der Waals surface area (Å²) in [6.45, 7) is 1.50. The fourth-order valence-corrected chi connectivity index (χ4v) is 4.30. The third-order valence-corrected chi connectivity index (χ3v) is 5.33. The van der Waals surface area contributed by atoms with Crippen molar-refractivity contribution in [2.24, 2.45) is 0 Å². The first-order valence-corrected chi connectivity index (χ1v) is 8.03. The smallest absolute Gasteiger partial charge is 0.152 e. The molecule has 0 bridgehead atoms. The minimum Gasteiger partial charge on any atom is -0.389 e. The summed E-state index contributed by atoms with van der Waals surface area (Å²) < 4.78 is 36.8. The van der Waals surface area contributed by atoms with Gasteiger partial charge in [-0.2, -0.15) is 0 Å². The van der Waals surface area contributed by atoms with Gasteiger partial charge < -0.3 is 10.0 Å². The fourth-order valence-electron chi connectivity index (χ4n) is 2.52. The van der Waals surface area contributed by atoms with Gasteiger partial charge in [0.05, 0.1) is 17.6 Å². The third-order valence-electron chi connectivity index (χ3n) is 3.58. The van der Waals surface area contributed by atoms with E-state index in [9.17, 15) is 17.9 Å². The van der Waals surface area contributed by atoms with Crippen LogP contribution < -0.4 is 4.90 Å². The van der Waals surface area contributed by atoms with Crippen molar-refractivity contribution in [2.45, 2.75) is 25.5 Å². The molecule has 0 saturated carbocycles. The molecular formula is C13H18FNO3S. The van der Waals surface area contributed by atoms with Crippen molar-refractivity contribution >= 4 is 15.5 Å². The largest absolute Gasteiger partial charge is 0.389 e. The first-order chi connectivity index (χ1) is 8.82. The van der Waals surface area contributed by atoms with E-state index >= 15 is 0 Å². The number of aliphatic hydroxyl groups excluding tert-OH is 1. The summed E-state index contributed by atoms with van der Waals surface area (Å²) in [7, 11) is -1.25. The highest BCUT2D eigenvalue weighted by Crippen LogP contribution is 2.31. The minimum atomic E-state index is -2.99. The highest BCUT2D eigenvalue weighted by Gasteiger charge is 2.32. The highest BCUT2D eigenvalue weighted by atomic mass is 32.2. The molecule has 0 aliphatic carbocycles. The normalized spacial score (nSPS) is 23.3. The van der Waals surface area contributed by atoms with Gasteiger partial charge in [-0.1, -0.05) is 6.07 Å². The zero-order valence-electron chi connectivity index (χ0n) is 11.0. The van der Waals surface area contributed by atoms with E-state index in [0.29, 0.717) is 12.1 Å². The second-order valence-electron chi connectivity index (χ2n) is 5.02. The maximum atomic E-state index is 13.8. The van der Waals surface area contributed by atoms with Crippen LogP contribution in [0.5, 0.6) is 0 Å². The van der Waals surface area contributed by atoms with Crippen molar-refractivity contribution < 1.29 is 17.9 Å². The Morgan fingerprint density at radius 1 is 1.47 bits per heavy atom. The number of halogens is 1. The van der Waals surface area contributed by atoms with Gasteiger partial charge in [0.2, 0.25) is 0 Å². The lowest BCUT2D eigenvalue weighted by Crippen LogP contribution is -2.33. The molecular weight excluding hydrogens is 269 g/mol. The van der Waals surface area contributed by atoms with Crippen LogP contribution in [0.15, 0.2) is 18.2 Å². The van der Waals surface area contributed by atoms with Crippen LogP contribution in [0.2, 0.25) is 0 Å². The summed E-state index contributed by atoms with van der Waals surface area (Å²) in [5.41, 5.74) is 0.770. The van der Waals surface area contributed by atoms with E-state index in [0.717, 1.165) is 0 Å². The molecule has 0 amide bonds. The first kappa shape index (κ1) is 14.3. The van der Waals surface area contributed by atoms with Crippen LogP contribution >= 0.6 is 0 Å². The van der Waals surface area contributed by atoms with Gasteiger partial charge in [-0.3, -0.25) is 0 Å². The van der Waals surface area contributed by atoms with Gasteiger partial charge in [-0.05, 0) is 25.5 Å². The summed E-state index contributed by atoms with van der Waals surface area (Å²) >= 11 is 0. The van der Waals surface area contributed by atoms with Gasteiger partial charge in [0.25, 0.3) is 0 Å². The second-order valence-corrected chi connectivity index (χ2v) is 7.25. The van der Waals surface area contributed by atoms with E-state index in [1.165, 1.54) is 13.0 Å². The molecule has 106 valence electrons. The molecule has 1 fully saturated rings. The summed E-state index contributed by atoms with van der Waals surface area (Å²) in [6.07, 6.45) is -0.397. The van der Waals surface area contributed by atoms with Crippen LogP contribution in [0.4, 0.5) is 10.1 Å². The number of nitrogens with zero attached hydrogens (tertiary/aromatic N) is 1. The minimum absolute atomic E-state index is 0.0826. The van der Waals surface area contributed by atoms with Crippen LogP contribution in [0.3, 0.4) is 0 Å². The molecule has 2 rings (SSSR count). The Kier molecular flexibility index (Phi) is 3.82. The van der Waals surface area contributed by atoms with Crippen molar-refractivity contribution in [3.63, 3.8) is 0 Å². The lowest BCUT2D eigenvalue weighted by Gasteiger charge is -2.28. The van der Waals surface area contributed by atoms with Crippen LogP contribution in [-0.2, 0) is 9.84 Å². The fraction of sp³-hybridized carbons (Fsp3) is 0.538. The summed E-state index contributed by atoms with van der Waals surface area (Å²) in [5, 5.41) is 9.69. The molecule has 6 heteroatoms. The Hall–Kier alpha value is -1.14. The van der Waals surface area contributed by atoms with Crippen molar-refractivity contribution in [3.05, 3.63) is 29.6 Å². The van der Waals surface area contributed by atoms with Gasteiger partial charge in [0.15, 0.2) is 9.84 Å². The molecule has 0 spiro atoms. The van der Waals surface area contributed by atoms with Crippen LogP contribution in [-0.4, -0.2) is 38.1 Å². The predicted octanol–water partition coefficient (Wildman–Crippen LogP) is 1.50. The van der Waals surface area contributed by atoms with Crippen molar-refractivity contribution in [2.75, 3.05) is 23.5 Å². The van der Waals surface area contributed by atoms with Crippen molar-refractivity contribution in [1.29, 1.82) is 0 Å². The van der Waals surface area contributed by atoms with Crippen molar-refractivity contribution in [1.82, 2.24) is 0 Å². The number of aliphatic hydroxyl groups is 1. The van der Waals surface area contributed by atoms with Gasteiger partial charge in [-0.25, -0.2) is 12.8 Å². The average Bonchev–Trinajstić information content (AvgIpc) is 2.68. The van der Waals surface area contributed by atoms with Gasteiger partial charge in [-0.15, -0.1) is 0 Å². The molecule has 1 aromatic rings. The van der Waals surface area contributed by atoms with E-state index in [-0.39, 0.29) is 23.1 Å². The molecule has 0 radical (unpaired) electrons. The topological polar surface area (TPSA) is 57.6 Å². The molecule has 1 aromatic carbocycles. The third kappa shape index (κ3) is 2.90. The van der Waals surface area contributed by atoms with E-state index in [1.54, 1.807) is 24.1 Å². The van der Waals surface area contributed by atoms with Crippen LogP contribution in [0, 0.1) is 5.82 Å². The average molecular weight is 287 g/mol. The first-order valence-electron chi connectivity index (χ1n) is 6.21.